The molecule has 582 valence electrons. The van der Waals surface area contributed by atoms with Crippen LogP contribution in [-0.2, 0) is 65.4 Å². The minimum Gasteiger partial charge on any atom is -0.462 e. The highest BCUT2D eigenvalue weighted by Gasteiger charge is 2.30. The smallest absolute Gasteiger partial charge is 0.462 e. The molecule has 0 rings (SSSR count). The van der Waals surface area contributed by atoms with Crippen LogP contribution in [0.5, 0.6) is 0 Å². The van der Waals surface area contributed by atoms with Crippen LogP contribution in [0.1, 0.15) is 348 Å². The number of aliphatic hydroxyl groups is 1. The van der Waals surface area contributed by atoms with Gasteiger partial charge in [-0.15, -0.1) is 0 Å². The molecule has 0 radical (unpaired) electrons. The first kappa shape index (κ1) is 96.8. The van der Waals surface area contributed by atoms with Crippen molar-refractivity contribution in [2.75, 3.05) is 52.9 Å². The normalized spacial score (nSPS) is 14.3. The number of hydrogen-bond donors (Lipinski definition) is 3. The van der Waals surface area contributed by atoms with E-state index in [9.17, 15) is 43.2 Å². The number of carbonyl (C=O) groups excluding carboxylic acids is 4. The summed E-state index contributed by atoms with van der Waals surface area (Å²) in [5, 5.41) is 10.7. The maximum atomic E-state index is 13.1. The lowest BCUT2D eigenvalue weighted by molar-refractivity contribution is -0.161. The van der Waals surface area contributed by atoms with Gasteiger partial charge in [0.15, 0.2) is 6.10 Å². The van der Waals surface area contributed by atoms with Crippen molar-refractivity contribution < 1.29 is 80.2 Å². The standard InChI is InChI=1S/C81H146O17P2/c1-3-5-7-9-11-13-15-17-23-29-35-41-47-53-59-65-80(85)93-74-79(98-81(86)66-60-54-48-42-36-30-24-18-16-14-12-10-8-6-4-2)76-97-100(89,90)95-72-77(84)71-94-99(87,88)96-75-78(92-70-64-58-52-46-40-34-28-22-20-26-32-38-44-50-56-62-68-83)73-91-69-63-57-51-45-39-33-27-21-19-25-31-37-43-49-55-61-67-82/h11-14,17-20,23-26,67-68,77-79,84H,3-10,15-16,21-22,27-66,69-76H2,1-2H3,(H,87,88)(H,89,90)/b13-11-,14-12-,23-17-,24-18-,25-19-,26-20-/t77-,78-,79-/m1/s1. The molecule has 0 saturated heterocycles. The van der Waals surface area contributed by atoms with Crippen LogP contribution in [0.25, 0.3) is 0 Å². The van der Waals surface area contributed by atoms with Gasteiger partial charge >= 0.3 is 27.6 Å². The summed E-state index contributed by atoms with van der Waals surface area (Å²) in [5.41, 5.74) is 0. The molecule has 17 nitrogen and oxygen atoms in total. The van der Waals surface area contributed by atoms with Crippen molar-refractivity contribution in [1.82, 2.24) is 0 Å². The molecule has 0 fully saturated rings. The first-order valence-corrected chi connectivity index (χ1v) is 43.1. The zero-order valence-electron chi connectivity index (χ0n) is 63.2. The van der Waals surface area contributed by atoms with Crippen LogP contribution < -0.4 is 0 Å². The lowest BCUT2D eigenvalue weighted by atomic mass is 10.1. The van der Waals surface area contributed by atoms with E-state index in [4.69, 9.17) is 37.0 Å². The second-order valence-electron chi connectivity index (χ2n) is 26.9. The maximum absolute atomic E-state index is 13.1. The Bertz CT molecular complexity index is 2110. The number of aliphatic hydroxyl groups excluding tert-OH is 1. The maximum Gasteiger partial charge on any atom is 0.472 e. The van der Waals surface area contributed by atoms with Gasteiger partial charge in [-0.3, -0.25) is 27.7 Å². The van der Waals surface area contributed by atoms with Gasteiger partial charge in [-0.2, -0.15) is 0 Å². The quantitative estimate of drug-likeness (QED) is 0.0169. The van der Waals surface area contributed by atoms with Gasteiger partial charge in [0.2, 0.25) is 0 Å². The average Bonchev–Trinajstić information content (AvgIpc) is 1.02. The molecule has 0 amide bonds. The fraction of sp³-hybridized carbons (Fsp3) is 0.802. The summed E-state index contributed by atoms with van der Waals surface area (Å²) in [6, 6.07) is 0. The Labute approximate surface area is 609 Å². The van der Waals surface area contributed by atoms with E-state index < -0.39 is 72.3 Å². The minimum absolute atomic E-state index is 0.0998. The lowest BCUT2D eigenvalue weighted by Gasteiger charge is -2.21. The van der Waals surface area contributed by atoms with Gasteiger partial charge in [-0.25, -0.2) is 9.13 Å². The zero-order chi connectivity index (χ0) is 72.9. The monoisotopic (exact) mass is 1450 g/mol. The predicted octanol–water partition coefficient (Wildman–Crippen LogP) is 22.5. The largest absolute Gasteiger partial charge is 0.472 e. The number of esters is 2. The summed E-state index contributed by atoms with van der Waals surface area (Å²) >= 11 is 0. The Morgan fingerprint density at radius 2 is 0.630 bits per heavy atom. The number of hydrogen-bond acceptors (Lipinski definition) is 15. The number of allylic oxidation sites excluding steroid dienone is 12. The summed E-state index contributed by atoms with van der Waals surface area (Å²) in [4.78, 5) is 68.1. The van der Waals surface area contributed by atoms with Crippen LogP contribution in [0.2, 0.25) is 0 Å². The highest BCUT2D eigenvalue weighted by Crippen LogP contribution is 2.45. The molecule has 5 atom stereocenters. The van der Waals surface area contributed by atoms with Crippen molar-refractivity contribution in [2.24, 2.45) is 0 Å². The fourth-order valence-corrected chi connectivity index (χ4v) is 12.6. The van der Waals surface area contributed by atoms with E-state index in [1.54, 1.807) is 0 Å². The number of ether oxygens (including phenoxy) is 4. The lowest BCUT2D eigenvalue weighted by Crippen LogP contribution is -2.30. The molecule has 0 bridgehead atoms. The van der Waals surface area contributed by atoms with Crippen LogP contribution in [-0.4, -0.2) is 111 Å². The molecule has 0 saturated carbocycles. The van der Waals surface area contributed by atoms with E-state index in [1.807, 2.05) is 0 Å². The second-order valence-corrected chi connectivity index (χ2v) is 29.8. The molecule has 2 unspecified atom stereocenters. The molecular formula is C81H146O17P2. The molecule has 0 aromatic heterocycles. The topological polar surface area (TPSA) is 237 Å². The number of carbonyl (C=O) groups is 4. The van der Waals surface area contributed by atoms with E-state index in [0.29, 0.717) is 38.9 Å². The fourth-order valence-electron chi connectivity index (χ4n) is 11.0. The highest BCUT2D eigenvalue weighted by molar-refractivity contribution is 7.47. The van der Waals surface area contributed by atoms with Gasteiger partial charge in [0.25, 0.3) is 0 Å². The Morgan fingerprint density at radius 1 is 0.330 bits per heavy atom. The molecule has 100 heavy (non-hydrogen) atoms. The third-order valence-electron chi connectivity index (χ3n) is 17.1. The van der Waals surface area contributed by atoms with E-state index in [-0.39, 0.29) is 26.1 Å². The molecule has 0 aliphatic rings. The molecule has 0 aliphatic heterocycles. The van der Waals surface area contributed by atoms with Crippen molar-refractivity contribution in [3.63, 3.8) is 0 Å². The number of unbranched alkanes of at least 4 members (excludes halogenated alkanes) is 40. The van der Waals surface area contributed by atoms with E-state index in [1.165, 1.54) is 109 Å². The van der Waals surface area contributed by atoms with Crippen LogP contribution in [0.15, 0.2) is 72.9 Å². The van der Waals surface area contributed by atoms with Crippen LogP contribution in [0.3, 0.4) is 0 Å². The Kier molecular flexibility index (Phi) is 74.5. The SMILES string of the molecule is CCCCC/C=C\C/C=C\CCCCCCCC(=O)OC[C@H](COP(=O)(O)OC[C@H](O)COP(=O)(O)OC[C@@H](COCCCCCCCCC/C=C\CCCCCCC=O)OCCCCCCCCC/C=C\CCCCCCC=O)OC(=O)CCCCCCC/C=C\C/C=C\CCCCC. The summed E-state index contributed by atoms with van der Waals surface area (Å²) in [7, 11) is -9.69. The zero-order valence-corrected chi connectivity index (χ0v) is 65.0. The summed E-state index contributed by atoms with van der Waals surface area (Å²) in [6.07, 6.45) is 78.5. The number of phosphoric ester groups is 2. The third-order valence-corrected chi connectivity index (χ3v) is 19.1. The van der Waals surface area contributed by atoms with Gasteiger partial charge in [-0.1, -0.05) is 241 Å². The summed E-state index contributed by atoms with van der Waals surface area (Å²) < 4.78 is 70.0. The van der Waals surface area contributed by atoms with Crippen LogP contribution in [0, 0.1) is 0 Å². The van der Waals surface area contributed by atoms with Gasteiger partial charge in [0.05, 0.1) is 33.0 Å². The predicted molar refractivity (Wildman–Crippen MR) is 409 cm³/mol. The van der Waals surface area contributed by atoms with E-state index >= 15 is 0 Å². The number of aldehydes is 2. The molecule has 0 aliphatic carbocycles. The first-order valence-electron chi connectivity index (χ1n) is 40.1. The number of phosphoric acid groups is 2. The van der Waals surface area contributed by atoms with Crippen molar-refractivity contribution in [3.8, 4) is 0 Å². The van der Waals surface area contributed by atoms with Gasteiger partial charge in [0, 0.05) is 38.9 Å². The average molecular weight is 1450 g/mol. The van der Waals surface area contributed by atoms with Crippen molar-refractivity contribution in [1.29, 1.82) is 0 Å². The molecule has 0 spiro atoms. The van der Waals surface area contributed by atoms with Crippen molar-refractivity contribution in [3.05, 3.63) is 72.9 Å². The van der Waals surface area contributed by atoms with Crippen molar-refractivity contribution >= 4 is 40.2 Å². The molecule has 0 aromatic rings. The first-order chi connectivity index (χ1) is 48.9. The van der Waals surface area contributed by atoms with Crippen LogP contribution >= 0.6 is 15.6 Å². The molecule has 3 N–H and O–H groups in total. The van der Waals surface area contributed by atoms with E-state index in [0.717, 1.165) is 199 Å². The van der Waals surface area contributed by atoms with Gasteiger partial charge in [-0.05, 0) is 154 Å². The van der Waals surface area contributed by atoms with E-state index in [2.05, 4.69) is 86.8 Å². The Hall–Kier alpha value is -3.18. The molecule has 19 heteroatoms. The molecular weight excluding hydrogens is 1310 g/mol. The van der Waals surface area contributed by atoms with Gasteiger partial charge in [0.1, 0.15) is 31.4 Å². The van der Waals surface area contributed by atoms with Crippen molar-refractivity contribution in [2.45, 2.75) is 366 Å². The Morgan fingerprint density at radius 3 is 1.01 bits per heavy atom. The minimum atomic E-state index is -4.92. The number of rotatable bonds is 80. The second kappa shape index (κ2) is 76.9. The van der Waals surface area contributed by atoms with Gasteiger partial charge < -0.3 is 43.4 Å². The molecule has 0 heterocycles. The van der Waals surface area contributed by atoms with Crippen LogP contribution in [0.4, 0.5) is 0 Å². The summed E-state index contributed by atoms with van der Waals surface area (Å²) in [6.45, 7) is 2.48. The summed E-state index contributed by atoms with van der Waals surface area (Å²) in [5.74, 6) is -1.06. The third kappa shape index (κ3) is 76.0. The highest BCUT2D eigenvalue weighted by atomic mass is 31.2. The molecule has 0 aromatic carbocycles. The Balaban J connectivity index is 5.22.